The summed E-state index contributed by atoms with van der Waals surface area (Å²) in [4.78, 5) is 0. The smallest absolute Gasteiger partial charge is 0.129 e. The highest BCUT2D eigenvalue weighted by Gasteiger charge is 2.09. The average molecular weight is 241 g/mol. The number of nitrogens with one attached hydrogen (secondary N) is 1. The third-order valence-corrected chi connectivity index (χ3v) is 2.32. The highest BCUT2D eigenvalue weighted by atomic mass is 16.5. The van der Waals surface area contributed by atoms with Crippen LogP contribution in [-0.2, 0) is 16.1 Å². The lowest BCUT2D eigenvalue weighted by Crippen LogP contribution is -2.34. The second-order valence-electron chi connectivity index (χ2n) is 4.52. The molecule has 0 aliphatic rings. The number of methoxy groups -OCH3 is 1. The van der Waals surface area contributed by atoms with Crippen LogP contribution in [0, 0.1) is 5.92 Å². The Labute approximate surface area is 103 Å². The normalized spacial score (nSPS) is 13.2. The van der Waals surface area contributed by atoms with E-state index in [1.807, 2.05) is 12.1 Å². The fourth-order valence-electron chi connectivity index (χ4n) is 1.48. The minimum atomic E-state index is 0.0591. The zero-order chi connectivity index (χ0) is 12.5. The molecule has 0 amide bonds. The molecule has 0 fully saturated rings. The van der Waals surface area contributed by atoms with E-state index in [1.165, 1.54) is 0 Å². The minimum Gasteiger partial charge on any atom is -0.467 e. The van der Waals surface area contributed by atoms with E-state index in [0.717, 1.165) is 18.8 Å². The minimum absolute atomic E-state index is 0.0591. The van der Waals surface area contributed by atoms with Gasteiger partial charge < -0.3 is 19.2 Å². The quantitative estimate of drug-likeness (QED) is 0.718. The predicted octanol–water partition coefficient (Wildman–Crippen LogP) is 2.06. The molecule has 4 heteroatoms. The molecule has 1 aromatic heterocycles. The summed E-state index contributed by atoms with van der Waals surface area (Å²) in [5.41, 5.74) is 0. The van der Waals surface area contributed by atoms with Crippen molar-refractivity contribution in [2.24, 2.45) is 5.92 Å². The lowest BCUT2D eigenvalue weighted by atomic mass is 10.2. The van der Waals surface area contributed by atoms with Gasteiger partial charge in [0.05, 0.1) is 19.0 Å². The van der Waals surface area contributed by atoms with Gasteiger partial charge in [-0.25, -0.2) is 0 Å². The first-order chi connectivity index (χ1) is 8.22. The fraction of sp³-hybridized carbons (Fsp3) is 0.692. The second-order valence-corrected chi connectivity index (χ2v) is 4.52. The van der Waals surface area contributed by atoms with E-state index in [1.54, 1.807) is 13.4 Å². The van der Waals surface area contributed by atoms with E-state index in [0.29, 0.717) is 19.1 Å². The Hall–Kier alpha value is -0.840. The molecule has 1 aromatic rings. The molecule has 0 aromatic carbocycles. The van der Waals surface area contributed by atoms with Gasteiger partial charge in [-0.3, -0.25) is 0 Å². The monoisotopic (exact) mass is 241 g/mol. The molecule has 0 saturated carbocycles. The molecule has 0 radical (unpaired) electrons. The van der Waals surface area contributed by atoms with E-state index in [9.17, 15) is 0 Å². The molecule has 1 rings (SSSR count). The van der Waals surface area contributed by atoms with Crippen molar-refractivity contribution in [3.8, 4) is 0 Å². The van der Waals surface area contributed by atoms with Crippen molar-refractivity contribution < 1.29 is 13.9 Å². The molecule has 0 saturated heterocycles. The Kier molecular flexibility index (Phi) is 6.93. The summed E-state index contributed by atoms with van der Waals surface area (Å²) < 4.78 is 16.1. The predicted molar refractivity (Wildman–Crippen MR) is 66.9 cm³/mol. The van der Waals surface area contributed by atoms with Crippen molar-refractivity contribution in [3.63, 3.8) is 0 Å². The third kappa shape index (κ3) is 6.46. The Morgan fingerprint density at radius 3 is 2.76 bits per heavy atom. The fourth-order valence-corrected chi connectivity index (χ4v) is 1.48. The molecular formula is C13H23NO3. The van der Waals surface area contributed by atoms with Crippen molar-refractivity contribution in [2.45, 2.75) is 26.6 Å². The van der Waals surface area contributed by atoms with Crippen molar-refractivity contribution in [3.05, 3.63) is 24.2 Å². The van der Waals surface area contributed by atoms with Gasteiger partial charge in [-0.1, -0.05) is 13.8 Å². The van der Waals surface area contributed by atoms with Crippen LogP contribution in [0.1, 0.15) is 19.6 Å². The van der Waals surface area contributed by atoms with Crippen LogP contribution in [0.15, 0.2) is 22.8 Å². The first kappa shape index (κ1) is 14.2. The van der Waals surface area contributed by atoms with Gasteiger partial charge >= 0.3 is 0 Å². The van der Waals surface area contributed by atoms with Crippen LogP contribution in [0.25, 0.3) is 0 Å². The largest absolute Gasteiger partial charge is 0.467 e. The van der Waals surface area contributed by atoms with Crippen molar-refractivity contribution in [2.75, 3.05) is 26.8 Å². The number of hydrogen-bond donors (Lipinski definition) is 1. The molecule has 17 heavy (non-hydrogen) atoms. The summed E-state index contributed by atoms with van der Waals surface area (Å²) in [7, 11) is 1.69. The van der Waals surface area contributed by atoms with Gasteiger partial charge in [0.2, 0.25) is 0 Å². The summed E-state index contributed by atoms with van der Waals surface area (Å²) in [6, 6.07) is 3.77. The molecule has 0 aliphatic carbocycles. The Morgan fingerprint density at radius 1 is 1.35 bits per heavy atom. The average Bonchev–Trinajstić information content (AvgIpc) is 2.78. The van der Waals surface area contributed by atoms with Crippen molar-refractivity contribution in [1.82, 2.24) is 5.32 Å². The number of ether oxygens (including phenoxy) is 2. The van der Waals surface area contributed by atoms with E-state index >= 15 is 0 Å². The van der Waals surface area contributed by atoms with Crippen LogP contribution in [0.5, 0.6) is 0 Å². The molecule has 4 nitrogen and oxygen atoms in total. The summed E-state index contributed by atoms with van der Waals surface area (Å²) in [6.07, 6.45) is 1.71. The molecule has 1 N–H and O–H groups in total. The maximum atomic E-state index is 5.73. The van der Waals surface area contributed by atoms with Crippen LogP contribution < -0.4 is 5.32 Å². The van der Waals surface area contributed by atoms with Crippen LogP contribution in [0.2, 0.25) is 0 Å². The van der Waals surface area contributed by atoms with Crippen molar-refractivity contribution in [1.29, 1.82) is 0 Å². The van der Waals surface area contributed by atoms with Gasteiger partial charge in [0.15, 0.2) is 0 Å². The van der Waals surface area contributed by atoms with Crippen molar-refractivity contribution >= 4 is 0 Å². The Bertz CT molecular complexity index is 272. The summed E-state index contributed by atoms with van der Waals surface area (Å²) in [5, 5.41) is 3.36. The first-order valence-electron chi connectivity index (χ1n) is 6.06. The van der Waals surface area contributed by atoms with Crippen LogP contribution >= 0.6 is 0 Å². The Balaban J connectivity index is 2.22. The Morgan fingerprint density at radius 2 is 2.18 bits per heavy atom. The van der Waals surface area contributed by atoms with Crippen LogP contribution in [-0.4, -0.2) is 32.9 Å². The SMILES string of the molecule is COCC(CNCC(C)C)OCc1ccco1. The van der Waals surface area contributed by atoms with Gasteiger partial charge in [-0.05, 0) is 24.6 Å². The molecule has 98 valence electrons. The highest BCUT2D eigenvalue weighted by molar-refractivity contribution is 4.96. The number of hydrogen-bond acceptors (Lipinski definition) is 4. The summed E-state index contributed by atoms with van der Waals surface area (Å²) in [5.74, 6) is 1.48. The lowest BCUT2D eigenvalue weighted by molar-refractivity contribution is -0.0162. The molecule has 0 spiro atoms. The molecule has 1 heterocycles. The molecule has 1 atom stereocenters. The molecular weight excluding hydrogens is 218 g/mol. The number of furan rings is 1. The third-order valence-electron chi connectivity index (χ3n) is 2.32. The van der Waals surface area contributed by atoms with Gasteiger partial charge in [0.1, 0.15) is 12.4 Å². The van der Waals surface area contributed by atoms with Gasteiger partial charge in [0.25, 0.3) is 0 Å². The summed E-state index contributed by atoms with van der Waals surface area (Å²) >= 11 is 0. The molecule has 0 bridgehead atoms. The first-order valence-corrected chi connectivity index (χ1v) is 6.06. The lowest BCUT2D eigenvalue weighted by Gasteiger charge is -2.18. The van der Waals surface area contributed by atoms with E-state index in [-0.39, 0.29) is 6.10 Å². The molecule has 1 unspecified atom stereocenters. The maximum Gasteiger partial charge on any atom is 0.129 e. The van der Waals surface area contributed by atoms with Gasteiger partial charge in [-0.2, -0.15) is 0 Å². The maximum absolute atomic E-state index is 5.73. The van der Waals surface area contributed by atoms with Crippen LogP contribution in [0.3, 0.4) is 0 Å². The molecule has 0 aliphatic heterocycles. The number of rotatable bonds is 9. The topological polar surface area (TPSA) is 43.6 Å². The summed E-state index contributed by atoms with van der Waals surface area (Å²) in [6.45, 7) is 7.23. The van der Waals surface area contributed by atoms with Gasteiger partial charge in [-0.15, -0.1) is 0 Å². The van der Waals surface area contributed by atoms with Crippen LogP contribution in [0.4, 0.5) is 0 Å². The van der Waals surface area contributed by atoms with E-state index in [4.69, 9.17) is 13.9 Å². The standard InChI is InChI=1S/C13H23NO3/c1-11(2)7-14-8-13(9-15-3)17-10-12-5-4-6-16-12/h4-6,11,13-14H,7-10H2,1-3H3. The zero-order valence-electron chi connectivity index (χ0n) is 10.9. The highest BCUT2D eigenvalue weighted by Crippen LogP contribution is 2.04. The van der Waals surface area contributed by atoms with E-state index in [2.05, 4.69) is 19.2 Å². The van der Waals surface area contributed by atoms with E-state index < -0.39 is 0 Å². The second kappa shape index (κ2) is 8.28. The van der Waals surface area contributed by atoms with Gasteiger partial charge in [0, 0.05) is 13.7 Å². The zero-order valence-corrected chi connectivity index (χ0v) is 10.9.